The van der Waals surface area contributed by atoms with Crippen molar-refractivity contribution < 1.29 is 13.9 Å². The van der Waals surface area contributed by atoms with Gasteiger partial charge in [0, 0.05) is 11.8 Å². The first kappa shape index (κ1) is 17.6. The van der Waals surface area contributed by atoms with Gasteiger partial charge in [-0.3, -0.25) is 4.79 Å². The highest BCUT2D eigenvalue weighted by molar-refractivity contribution is 6.05. The Morgan fingerprint density at radius 3 is 2.54 bits per heavy atom. The summed E-state index contributed by atoms with van der Waals surface area (Å²) >= 11 is 0. The second-order valence-electron chi connectivity index (χ2n) is 5.85. The van der Waals surface area contributed by atoms with Gasteiger partial charge >= 0.3 is 0 Å². The van der Waals surface area contributed by atoms with Gasteiger partial charge in [-0.05, 0) is 55.3 Å². The van der Waals surface area contributed by atoms with Gasteiger partial charge in [-0.25, -0.2) is 4.98 Å². The third kappa shape index (κ3) is 4.25. The van der Waals surface area contributed by atoms with Gasteiger partial charge in [0.2, 0.25) is 5.95 Å². The molecule has 26 heavy (non-hydrogen) atoms. The number of carbonyl (C=O) groups excluding carboxylic acids is 1. The van der Waals surface area contributed by atoms with Crippen molar-refractivity contribution >= 4 is 11.6 Å². The molecule has 0 aliphatic heterocycles. The maximum atomic E-state index is 13.1. The first-order valence-corrected chi connectivity index (χ1v) is 8.36. The van der Waals surface area contributed by atoms with E-state index in [-0.39, 0.29) is 5.91 Å². The van der Waals surface area contributed by atoms with Gasteiger partial charge < -0.3 is 10.1 Å². The van der Waals surface area contributed by atoms with Gasteiger partial charge in [0.1, 0.15) is 11.5 Å². The van der Waals surface area contributed by atoms with Crippen molar-refractivity contribution in [2.24, 2.45) is 0 Å². The molecule has 0 saturated carbocycles. The monoisotopic (exact) mass is 350 g/mol. The van der Waals surface area contributed by atoms with E-state index in [0.29, 0.717) is 22.7 Å². The SMILES string of the molecule is CCc1ccc(Oc2cccc(NC(=O)c3ccc(F)nc3C)c2)cc1. The smallest absolute Gasteiger partial charge is 0.257 e. The molecule has 0 atom stereocenters. The maximum absolute atomic E-state index is 13.1. The Hall–Kier alpha value is -3.21. The van der Waals surface area contributed by atoms with E-state index in [9.17, 15) is 9.18 Å². The molecule has 4 nitrogen and oxygen atoms in total. The molecule has 1 aromatic heterocycles. The molecule has 0 saturated heterocycles. The first-order valence-electron chi connectivity index (χ1n) is 8.36. The lowest BCUT2D eigenvalue weighted by Crippen LogP contribution is -2.14. The van der Waals surface area contributed by atoms with E-state index >= 15 is 0 Å². The quantitative estimate of drug-likeness (QED) is 0.649. The van der Waals surface area contributed by atoms with E-state index in [0.717, 1.165) is 12.2 Å². The number of ether oxygens (including phenoxy) is 1. The number of rotatable bonds is 5. The number of carbonyl (C=O) groups is 1. The maximum Gasteiger partial charge on any atom is 0.257 e. The number of hydrogen-bond acceptors (Lipinski definition) is 3. The Labute approximate surface area is 151 Å². The molecule has 132 valence electrons. The van der Waals surface area contributed by atoms with Crippen LogP contribution in [-0.4, -0.2) is 10.9 Å². The molecule has 0 spiro atoms. The molecule has 1 N–H and O–H groups in total. The summed E-state index contributed by atoms with van der Waals surface area (Å²) in [5.41, 5.74) is 2.49. The van der Waals surface area contributed by atoms with E-state index in [4.69, 9.17) is 4.74 Å². The predicted octanol–water partition coefficient (Wildman–Crippen LogP) is 5.14. The van der Waals surface area contributed by atoms with Gasteiger partial charge in [-0.2, -0.15) is 4.39 Å². The van der Waals surface area contributed by atoms with Crippen LogP contribution in [0.4, 0.5) is 10.1 Å². The zero-order chi connectivity index (χ0) is 18.5. The number of amides is 1. The minimum Gasteiger partial charge on any atom is -0.457 e. The molecule has 5 heteroatoms. The number of hydrogen-bond donors (Lipinski definition) is 1. The van der Waals surface area contributed by atoms with Crippen molar-refractivity contribution in [2.75, 3.05) is 5.32 Å². The summed E-state index contributed by atoms with van der Waals surface area (Å²) in [7, 11) is 0. The lowest BCUT2D eigenvalue weighted by Gasteiger charge is -2.10. The molecule has 0 fully saturated rings. The van der Waals surface area contributed by atoms with Gasteiger partial charge in [-0.15, -0.1) is 0 Å². The van der Waals surface area contributed by atoms with Crippen molar-refractivity contribution in [1.29, 1.82) is 0 Å². The minimum atomic E-state index is -0.608. The van der Waals surface area contributed by atoms with Crippen molar-refractivity contribution in [2.45, 2.75) is 20.3 Å². The third-order valence-corrected chi connectivity index (χ3v) is 3.96. The number of anilines is 1. The molecule has 3 rings (SSSR count). The molecule has 0 unspecified atom stereocenters. The summed E-state index contributed by atoms with van der Waals surface area (Å²) < 4.78 is 18.9. The average Bonchev–Trinajstić information content (AvgIpc) is 2.62. The molecular weight excluding hydrogens is 331 g/mol. The average molecular weight is 350 g/mol. The van der Waals surface area contributed by atoms with Crippen LogP contribution in [0.3, 0.4) is 0 Å². The number of halogens is 1. The fourth-order valence-electron chi connectivity index (χ4n) is 2.54. The van der Waals surface area contributed by atoms with Crippen LogP contribution in [0.5, 0.6) is 11.5 Å². The zero-order valence-corrected chi connectivity index (χ0v) is 14.6. The van der Waals surface area contributed by atoms with Crippen molar-refractivity contribution in [3.8, 4) is 11.5 Å². The van der Waals surface area contributed by atoms with Crippen LogP contribution in [-0.2, 0) is 6.42 Å². The molecule has 0 aliphatic carbocycles. The minimum absolute atomic E-state index is 0.327. The zero-order valence-electron chi connectivity index (χ0n) is 14.6. The summed E-state index contributed by atoms with van der Waals surface area (Å²) in [4.78, 5) is 16.0. The highest BCUT2D eigenvalue weighted by Gasteiger charge is 2.11. The second-order valence-corrected chi connectivity index (χ2v) is 5.85. The van der Waals surface area contributed by atoms with E-state index in [1.807, 2.05) is 30.3 Å². The Morgan fingerprint density at radius 2 is 1.85 bits per heavy atom. The highest BCUT2D eigenvalue weighted by Crippen LogP contribution is 2.25. The highest BCUT2D eigenvalue weighted by atomic mass is 19.1. The van der Waals surface area contributed by atoms with E-state index in [1.54, 1.807) is 25.1 Å². The fourth-order valence-corrected chi connectivity index (χ4v) is 2.54. The number of nitrogens with zero attached hydrogens (tertiary/aromatic N) is 1. The van der Waals surface area contributed by atoms with Crippen LogP contribution < -0.4 is 10.1 Å². The number of pyridine rings is 1. The Balaban J connectivity index is 1.73. The number of aromatic nitrogens is 1. The topological polar surface area (TPSA) is 51.2 Å². The number of nitrogens with one attached hydrogen (secondary N) is 1. The van der Waals surface area contributed by atoms with Gasteiger partial charge in [0.25, 0.3) is 5.91 Å². The Morgan fingerprint density at radius 1 is 1.08 bits per heavy atom. The largest absolute Gasteiger partial charge is 0.457 e. The molecule has 1 heterocycles. The molecular formula is C21H19FN2O2. The van der Waals surface area contributed by atoms with Gasteiger partial charge in [0.05, 0.1) is 11.3 Å². The number of benzene rings is 2. The van der Waals surface area contributed by atoms with Crippen LogP contribution in [0.25, 0.3) is 0 Å². The summed E-state index contributed by atoms with van der Waals surface area (Å²) in [5, 5.41) is 2.78. The molecule has 1 amide bonds. The predicted molar refractivity (Wildman–Crippen MR) is 99.2 cm³/mol. The van der Waals surface area contributed by atoms with Crippen LogP contribution in [0.15, 0.2) is 60.7 Å². The van der Waals surface area contributed by atoms with Crippen LogP contribution >= 0.6 is 0 Å². The first-order chi connectivity index (χ1) is 12.5. The standard InChI is InChI=1S/C21H19FN2O2/c1-3-15-7-9-17(10-8-15)26-18-6-4-5-16(13-18)24-21(25)19-11-12-20(22)23-14(19)2/h4-13H,3H2,1-2H3,(H,24,25). The lowest BCUT2D eigenvalue weighted by molar-refractivity contribution is 0.102. The summed E-state index contributed by atoms with van der Waals surface area (Å²) in [6.45, 7) is 3.69. The molecule has 0 bridgehead atoms. The van der Waals surface area contributed by atoms with E-state index in [2.05, 4.69) is 17.2 Å². The van der Waals surface area contributed by atoms with Gasteiger partial charge in [0.15, 0.2) is 0 Å². The number of aryl methyl sites for hydroxylation is 2. The molecule has 2 aromatic carbocycles. The Kier molecular flexibility index (Phi) is 5.27. The normalized spacial score (nSPS) is 10.4. The second kappa shape index (κ2) is 7.78. The van der Waals surface area contributed by atoms with Crippen molar-refractivity contribution in [1.82, 2.24) is 4.98 Å². The molecule has 3 aromatic rings. The summed E-state index contributed by atoms with van der Waals surface area (Å²) in [6, 6.07) is 17.6. The van der Waals surface area contributed by atoms with Crippen LogP contribution in [0.2, 0.25) is 0 Å². The Bertz CT molecular complexity index is 924. The van der Waals surface area contributed by atoms with Crippen molar-refractivity contribution in [3.63, 3.8) is 0 Å². The fraction of sp³-hybridized carbons (Fsp3) is 0.143. The third-order valence-electron chi connectivity index (χ3n) is 3.96. The summed E-state index contributed by atoms with van der Waals surface area (Å²) in [6.07, 6.45) is 0.972. The van der Waals surface area contributed by atoms with Crippen LogP contribution in [0.1, 0.15) is 28.5 Å². The lowest BCUT2D eigenvalue weighted by atomic mass is 10.2. The van der Waals surface area contributed by atoms with Crippen LogP contribution in [0, 0.1) is 12.9 Å². The van der Waals surface area contributed by atoms with Crippen molar-refractivity contribution in [3.05, 3.63) is 83.4 Å². The van der Waals surface area contributed by atoms with E-state index in [1.165, 1.54) is 17.7 Å². The summed E-state index contributed by atoms with van der Waals surface area (Å²) in [5.74, 6) is 0.383. The van der Waals surface area contributed by atoms with E-state index < -0.39 is 5.95 Å². The molecule has 0 aliphatic rings. The van der Waals surface area contributed by atoms with Gasteiger partial charge in [-0.1, -0.05) is 25.1 Å². The molecule has 0 radical (unpaired) electrons.